The standard InChI is InChI=1S/C45H66N4O7Si/c1-13-17-23-53-33-27-29-32(47(8)9)19-22-48(10)37(29)30-25-28-26-31-38(49(20-15-3)21-16-4)40-36(43(46-55-40)54-24-18-14-2)42(52)45(31,56-57(11,12)44(5,6)7)41(51)34(28)39(50)35(30)33/h15-16,27-28,31-32,38,50H,3-4,13-14,17-26H2,1-2,5-12H3/t28-,31-,32?,38-,45-/m0/s1. The molecule has 57 heavy (non-hydrogen) atoms. The van der Waals surface area contributed by atoms with Crippen LogP contribution < -0.4 is 14.4 Å². The van der Waals surface area contributed by atoms with E-state index in [1.54, 1.807) is 0 Å². The maximum absolute atomic E-state index is 16.1. The Kier molecular flexibility index (Phi) is 12.4. The van der Waals surface area contributed by atoms with Gasteiger partial charge < -0.3 is 33.3 Å². The van der Waals surface area contributed by atoms with Crippen molar-refractivity contribution in [3.63, 3.8) is 0 Å². The van der Waals surface area contributed by atoms with Gasteiger partial charge in [0.25, 0.3) is 5.88 Å². The second-order valence-corrected chi connectivity index (χ2v) is 22.9. The molecule has 2 heterocycles. The Labute approximate surface area is 341 Å². The van der Waals surface area contributed by atoms with Gasteiger partial charge in [0.1, 0.15) is 17.1 Å². The van der Waals surface area contributed by atoms with Crippen LogP contribution in [0.25, 0.3) is 5.76 Å². The zero-order valence-electron chi connectivity index (χ0n) is 36.1. The molecule has 2 aromatic rings. The molecule has 0 spiro atoms. The maximum Gasteiger partial charge on any atom is 0.265 e. The summed E-state index contributed by atoms with van der Waals surface area (Å²) < 4.78 is 26.2. The van der Waals surface area contributed by atoms with Gasteiger partial charge in [0.15, 0.2) is 19.7 Å². The third-order valence-electron chi connectivity index (χ3n) is 13.2. The van der Waals surface area contributed by atoms with Gasteiger partial charge >= 0.3 is 0 Å². The largest absolute Gasteiger partial charge is 0.507 e. The minimum Gasteiger partial charge on any atom is -0.507 e. The van der Waals surface area contributed by atoms with Crippen LogP contribution in [0, 0.1) is 11.8 Å². The summed E-state index contributed by atoms with van der Waals surface area (Å²) in [5, 5.41) is 16.8. The summed E-state index contributed by atoms with van der Waals surface area (Å²) in [5.74, 6) is -1.22. The summed E-state index contributed by atoms with van der Waals surface area (Å²) in [4.78, 5) is 38.4. The molecule has 1 N–H and O–H groups in total. The average molecular weight is 803 g/mol. The number of carbonyl (C=O) groups excluding carboxylic acids is 2. The van der Waals surface area contributed by atoms with E-state index in [9.17, 15) is 5.11 Å². The lowest BCUT2D eigenvalue weighted by Gasteiger charge is -2.55. The summed E-state index contributed by atoms with van der Waals surface area (Å²) in [7, 11) is 3.40. The van der Waals surface area contributed by atoms with Gasteiger partial charge in [0.2, 0.25) is 11.6 Å². The van der Waals surface area contributed by atoms with Gasteiger partial charge in [-0.05, 0) is 92.6 Å². The molecular weight excluding hydrogens is 737 g/mol. The number of ether oxygens (including phenoxy) is 2. The van der Waals surface area contributed by atoms with Crippen LogP contribution in [-0.4, -0.2) is 99.5 Å². The first kappa shape index (κ1) is 42.9. The highest BCUT2D eigenvalue weighted by Gasteiger charge is 2.69. The van der Waals surface area contributed by atoms with Crippen LogP contribution >= 0.6 is 0 Å². The normalized spacial score (nSPS) is 24.5. The highest BCUT2D eigenvalue weighted by molar-refractivity contribution is 6.74. The van der Waals surface area contributed by atoms with Crippen LogP contribution in [0.4, 0.5) is 5.69 Å². The lowest BCUT2D eigenvalue weighted by atomic mass is 9.57. The number of unbranched alkanes of at least 4 members (excludes halogenated alkanes) is 2. The fraction of sp³-hybridized carbons (Fsp3) is 0.622. The van der Waals surface area contributed by atoms with Crippen LogP contribution in [0.5, 0.6) is 11.6 Å². The number of hydrogen-bond acceptors (Lipinski definition) is 11. The van der Waals surface area contributed by atoms with Crippen LogP contribution in [0.15, 0.2) is 41.5 Å². The second-order valence-electron chi connectivity index (χ2n) is 18.2. The van der Waals surface area contributed by atoms with Crippen molar-refractivity contribution in [3.8, 4) is 11.6 Å². The number of aliphatic hydroxyl groups is 1. The zero-order chi connectivity index (χ0) is 41.6. The number of rotatable bonds is 16. The molecule has 312 valence electrons. The van der Waals surface area contributed by atoms with E-state index in [1.165, 1.54) is 0 Å². The van der Waals surface area contributed by atoms with Gasteiger partial charge in [0, 0.05) is 49.9 Å². The van der Waals surface area contributed by atoms with E-state index in [0.717, 1.165) is 55.5 Å². The number of ketones is 2. The minimum absolute atomic E-state index is 0.0705. The van der Waals surface area contributed by atoms with Gasteiger partial charge in [0.05, 0.1) is 24.8 Å². The second kappa shape index (κ2) is 16.5. The molecule has 0 saturated heterocycles. The Bertz CT molecular complexity index is 1900. The third kappa shape index (κ3) is 7.22. The summed E-state index contributed by atoms with van der Waals surface area (Å²) in [6.07, 6.45) is 8.88. The first-order valence-electron chi connectivity index (χ1n) is 21.0. The van der Waals surface area contributed by atoms with Gasteiger partial charge in [-0.15, -0.1) is 13.2 Å². The van der Waals surface area contributed by atoms with Crippen molar-refractivity contribution < 1.29 is 33.1 Å². The van der Waals surface area contributed by atoms with Crippen molar-refractivity contribution in [2.75, 3.05) is 58.9 Å². The Morgan fingerprint density at radius 1 is 1.05 bits per heavy atom. The molecule has 11 nitrogen and oxygen atoms in total. The SMILES string of the molecule is C=CCN(CC=C)[C@@H]1c2onc(OCCCC)c2C(=O)[C@@]2(O[Si](C)(C)C(C)(C)C)C(=O)C3=C(O)c4c(OCCCC)cc5c(c4C[C@H]3C[C@@H]12)N(C)CCC5N(C)C. The summed E-state index contributed by atoms with van der Waals surface area (Å²) >= 11 is 0. The van der Waals surface area contributed by atoms with Gasteiger partial charge in [-0.1, -0.05) is 59.6 Å². The van der Waals surface area contributed by atoms with E-state index >= 15 is 9.59 Å². The van der Waals surface area contributed by atoms with Crippen LogP contribution in [0.3, 0.4) is 0 Å². The molecule has 6 rings (SSSR count). The Hall–Kier alpha value is -3.71. The lowest BCUT2D eigenvalue weighted by Crippen LogP contribution is -2.68. The van der Waals surface area contributed by atoms with Gasteiger partial charge in [-0.25, -0.2) is 0 Å². The number of Topliss-reactive ketones (excluding diaryl/α,β-unsaturated/α-hetero) is 2. The number of nitrogens with zero attached hydrogens (tertiary/aromatic N) is 4. The van der Waals surface area contributed by atoms with Crippen LogP contribution in [0.2, 0.25) is 18.1 Å². The quantitative estimate of drug-likeness (QED) is 0.0759. The smallest absolute Gasteiger partial charge is 0.265 e. The topological polar surface area (TPSA) is 118 Å². The summed E-state index contributed by atoms with van der Waals surface area (Å²) in [6.45, 7) is 25.3. The molecule has 1 aliphatic heterocycles. The average Bonchev–Trinajstić information content (AvgIpc) is 3.55. The molecule has 1 saturated carbocycles. The number of fused-ring (bicyclic) bond motifs is 6. The van der Waals surface area contributed by atoms with Crippen molar-refractivity contribution in [2.45, 2.75) is 115 Å². The van der Waals surface area contributed by atoms with E-state index in [4.69, 9.17) is 18.4 Å². The highest BCUT2D eigenvalue weighted by Crippen LogP contribution is 2.60. The first-order chi connectivity index (χ1) is 27.0. The molecule has 1 fully saturated rings. The fourth-order valence-electron chi connectivity index (χ4n) is 9.34. The number of anilines is 1. The molecule has 3 aliphatic carbocycles. The Morgan fingerprint density at radius 3 is 2.30 bits per heavy atom. The molecule has 5 atom stereocenters. The van der Waals surface area contributed by atoms with Crippen molar-refractivity contribution >= 4 is 31.3 Å². The third-order valence-corrected chi connectivity index (χ3v) is 17.7. The fourth-order valence-corrected chi connectivity index (χ4v) is 10.8. The maximum atomic E-state index is 16.1. The van der Waals surface area contributed by atoms with E-state index in [0.29, 0.717) is 56.2 Å². The molecule has 4 aliphatic rings. The van der Waals surface area contributed by atoms with E-state index < -0.39 is 43.4 Å². The lowest BCUT2D eigenvalue weighted by molar-refractivity contribution is -0.141. The minimum atomic E-state index is -2.91. The molecule has 12 heteroatoms. The van der Waals surface area contributed by atoms with E-state index in [2.05, 4.69) is 108 Å². The first-order valence-corrected chi connectivity index (χ1v) is 23.9. The molecule has 0 radical (unpaired) electrons. The predicted molar refractivity (Wildman–Crippen MR) is 228 cm³/mol. The number of aliphatic hydroxyl groups excluding tert-OH is 1. The van der Waals surface area contributed by atoms with Gasteiger partial charge in [-0.2, -0.15) is 0 Å². The van der Waals surface area contributed by atoms with E-state index in [-0.39, 0.29) is 33.9 Å². The van der Waals surface area contributed by atoms with Crippen LogP contribution in [-0.2, 0) is 15.6 Å². The highest BCUT2D eigenvalue weighted by atomic mass is 28.4. The van der Waals surface area contributed by atoms with Crippen molar-refractivity contribution in [1.82, 2.24) is 15.0 Å². The van der Waals surface area contributed by atoms with Crippen LogP contribution in [0.1, 0.15) is 118 Å². The Balaban J connectivity index is 1.65. The number of benzene rings is 1. The molecule has 0 bridgehead atoms. The van der Waals surface area contributed by atoms with Crippen molar-refractivity contribution in [1.29, 1.82) is 0 Å². The molecular formula is C45H66N4O7Si. The molecule has 1 unspecified atom stereocenters. The van der Waals surface area contributed by atoms with Crippen molar-refractivity contribution in [3.05, 3.63) is 65.0 Å². The summed E-state index contributed by atoms with van der Waals surface area (Å²) in [5.41, 5.74) is 2.14. The number of hydrogen-bond donors (Lipinski definition) is 1. The number of carbonyl (C=O) groups is 2. The zero-order valence-corrected chi connectivity index (χ0v) is 37.1. The van der Waals surface area contributed by atoms with Crippen molar-refractivity contribution in [2.24, 2.45) is 11.8 Å². The van der Waals surface area contributed by atoms with Gasteiger partial charge in [-0.3, -0.25) is 14.5 Å². The summed E-state index contributed by atoms with van der Waals surface area (Å²) in [6, 6.07) is 1.63. The Morgan fingerprint density at radius 2 is 1.70 bits per heavy atom. The molecule has 0 amide bonds. The molecule has 1 aromatic heterocycles. The molecule has 1 aromatic carbocycles. The monoisotopic (exact) mass is 802 g/mol. The number of aromatic nitrogens is 1. The van der Waals surface area contributed by atoms with E-state index in [1.807, 2.05) is 12.2 Å². The predicted octanol–water partition coefficient (Wildman–Crippen LogP) is 8.88.